The van der Waals surface area contributed by atoms with Gasteiger partial charge in [0.25, 0.3) is 11.1 Å². The van der Waals surface area contributed by atoms with Crippen LogP contribution < -0.4 is 16.8 Å². The van der Waals surface area contributed by atoms with Gasteiger partial charge in [0.15, 0.2) is 5.69 Å². The van der Waals surface area contributed by atoms with Crippen LogP contribution >= 0.6 is 23.2 Å². The minimum Gasteiger partial charge on any atom is -0.312 e. The Bertz CT molecular complexity index is 1410. The van der Waals surface area contributed by atoms with Crippen LogP contribution in [0.3, 0.4) is 0 Å². The van der Waals surface area contributed by atoms with E-state index in [1.807, 2.05) is 19.9 Å². The molecule has 29 heavy (non-hydrogen) atoms. The van der Waals surface area contributed by atoms with Gasteiger partial charge in [-0.05, 0) is 38.1 Å². The first-order valence-corrected chi connectivity index (χ1v) is 9.45. The minimum absolute atomic E-state index is 0.00837. The molecule has 3 heterocycles. The molecular weight excluding hydrogens is 417 g/mol. The van der Waals surface area contributed by atoms with Crippen LogP contribution in [-0.2, 0) is 0 Å². The number of nitrogens with zero attached hydrogens (tertiary/aromatic N) is 3. The summed E-state index contributed by atoms with van der Waals surface area (Å²) in [7, 11) is 0. The zero-order valence-corrected chi connectivity index (χ0v) is 16.9. The van der Waals surface area contributed by atoms with Crippen LogP contribution in [0.15, 0.2) is 50.9 Å². The lowest BCUT2D eigenvalue weighted by molar-refractivity contribution is 0.600. The van der Waals surface area contributed by atoms with Crippen molar-refractivity contribution in [3.05, 3.63) is 77.8 Å². The molecule has 0 radical (unpaired) electrons. The number of halogens is 2. The molecule has 148 valence electrons. The van der Waals surface area contributed by atoms with Crippen molar-refractivity contribution >= 4 is 34.2 Å². The van der Waals surface area contributed by atoms with E-state index in [1.54, 1.807) is 33.5 Å². The molecule has 8 nitrogen and oxygen atoms in total. The lowest BCUT2D eigenvalue weighted by Crippen LogP contribution is -2.25. The Kier molecular flexibility index (Phi) is 4.68. The van der Waals surface area contributed by atoms with Crippen LogP contribution in [0.5, 0.6) is 0 Å². The highest BCUT2D eigenvalue weighted by Crippen LogP contribution is 2.35. The zero-order chi connectivity index (χ0) is 20.9. The predicted octanol–water partition coefficient (Wildman–Crippen LogP) is 3.12. The topological polar surface area (TPSA) is 106 Å². The van der Waals surface area contributed by atoms with E-state index in [0.29, 0.717) is 11.3 Å². The first-order valence-electron chi connectivity index (χ1n) is 8.69. The second kappa shape index (κ2) is 7.06. The number of hydrogen-bond donors (Lipinski definition) is 2. The normalized spacial score (nSPS) is 11.5. The van der Waals surface area contributed by atoms with E-state index >= 15 is 0 Å². The number of rotatable bonds is 3. The number of pyridine rings is 1. The highest BCUT2D eigenvalue weighted by Gasteiger charge is 2.17. The molecule has 10 heteroatoms. The molecule has 3 aromatic heterocycles. The van der Waals surface area contributed by atoms with Gasteiger partial charge in [-0.2, -0.15) is 5.10 Å². The summed E-state index contributed by atoms with van der Waals surface area (Å²) in [6.45, 7) is 3.86. The smallest absolute Gasteiger partial charge is 0.312 e. The van der Waals surface area contributed by atoms with Gasteiger partial charge in [0.2, 0.25) is 0 Å². The van der Waals surface area contributed by atoms with Crippen LogP contribution in [-0.4, -0.2) is 24.3 Å². The van der Waals surface area contributed by atoms with Gasteiger partial charge in [-0.3, -0.25) is 14.6 Å². The summed E-state index contributed by atoms with van der Waals surface area (Å²) < 4.78 is 3.47. The summed E-state index contributed by atoms with van der Waals surface area (Å²) >= 11 is 13.0. The van der Waals surface area contributed by atoms with Crippen molar-refractivity contribution < 1.29 is 0 Å². The molecule has 0 aliphatic heterocycles. The third-order valence-corrected chi connectivity index (χ3v) is 5.12. The maximum Gasteiger partial charge on any atom is 0.342 e. The van der Waals surface area contributed by atoms with Gasteiger partial charge in [-0.15, -0.1) is 0 Å². The van der Waals surface area contributed by atoms with Gasteiger partial charge in [0.05, 0.1) is 26.8 Å². The summed E-state index contributed by atoms with van der Waals surface area (Å²) in [6, 6.07) is 8.11. The number of fused-ring (bicyclic) bond motifs is 1. The zero-order valence-electron chi connectivity index (χ0n) is 15.4. The van der Waals surface area contributed by atoms with Crippen molar-refractivity contribution in [2.24, 2.45) is 0 Å². The number of H-pyrrole nitrogens is 2. The highest BCUT2D eigenvalue weighted by atomic mass is 35.5. The second-order valence-corrected chi connectivity index (χ2v) is 7.55. The van der Waals surface area contributed by atoms with Crippen molar-refractivity contribution in [2.45, 2.75) is 19.9 Å². The first kappa shape index (κ1) is 19.2. The predicted molar refractivity (Wildman–Crippen MR) is 112 cm³/mol. The van der Waals surface area contributed by atoms with Crippen molar-refractivity contribution in [1.29, 1.82) is 0 Å². The fourth-order valence-corrected chi connectivity index (χ4v) is 4.03. The van der Waals surface area contributed by atoms with Crippen molar-refractivity contribution in [3.63, 3.8) is 0 Å². The Morgan fingerprint density at radius 1 is 1.00 bits per heavy atom. The van der Waals surface area contributed by atoms with Crippen molar-refractivity contribution in [1.82, 2.24) is 24.3 Å². The number of nitrogens with one attached hydrogen (secondary N) is 2. The molecule has 0 amide bonds. The summed E-state index contributed by atoms with van der Waals surface area (Å²) in [4.78, 5) is 37.6. The number of hydrogen-bond acceptors (Lipinski definition) is 4. The van der Waals surface area contributed by atoms with Gasteiger partial charge in [-0.25, -0.2) is 9.89 Å². The second-order valence-electron chi connectivity index (χ2n) is 6.74. The quantitative estimate of drug-likeness (QED) is 0.519. The molecule has 4 aromatic rings. The fourth-order valence-electron chi connectivity index (χ4n) is 3.36. The molecule has 0 atom stereocenters. The molecule has 0 saturated carbocycles. The lowest BCUT2D eigenvalue weighted by Gasteiger charge is -2.14. The van der Waals surface area contributed by atoms with Crippen LogP contribution in [0.4, 0.5) is 0 Å². The third-order valence-electron chi connectivity index (χ3n) is 4.54. The SMILES string of the molecule is CC(C)n1c(=O)ccc2c1ccn2-c1c(Cl)cc(-c2n[nH]c(=O)[nH]c2=O)cc1Cl. The van der Waals surface area contributed by atoms with E-state index in [9.17, 15) is 14.4 Å². The Morgan fingerprint density at radius 2 is 1.69 bits per heavy atom. The molecule has 2 N–H and O–H groups in total. The first-order chi connectivity index (χ1) is 13.8. The molecule has 1 aromatic carbocycles. The maximum atomic E-state index is 12.2. The number of aromatic amines is 2. The van der Waals surface area contributed by atoms with Crippen molar-refractivity contribution in [2.75, 3.05) is 0 Å². The van der Waals surface area contributed by atoms with Crippen LogP contribution in [0, 0.1) is 0 Å². The molecule has 0 aliphatic carbocycles. The molecule has 4 rings (SSSR count). The van der Waals surface area contributed by atoms with E-state index in [4.69, 9.17) is 23.2 Å². The fraction of sp³-hybridized carbons (Fsp3) is 0.158. The van der Waals surface area contributed by atoms with E-state index in [0.717, 1.165) is 11.0 Å². The molecule has 0 saturated heterocycles. The molecule has 0 bridgehead atoms. The summed E-state index contributed by atoms with van der Waals surface area (Å²) in [5.41, 5.74) is 0.909. The maximum absolute atomic E-state index is 12.2. The molecule has 0 unspecified atom stereocenters. The third kappa shape index (κ3) is 3.20. The average molecular weight is 432 g/mol. The number of aromatic nitrogens is 5. The molecule has 0 aliphatic rings. The minimum atomic E-state index is -0.706. The largest absolute Gasteiger partial charge is 0.342 e. The van der Waals surface area contributed by atoms with Crippen LogP contribution in [0.2, 0.25) is 10.0 Å². The molecule has 0 fully saturated rings. The van der Waals surface area contributed by atoms with Crippen LogP contribution in [0.1, 0.15) is 19.9 Å². The summed E-state index contributed by atoms with van der Waals surface area (Å²) in [5.74, 6) is 0. The average Bonchev–Trinajstić information content (AvgIpc) is 3.04. The number of benzene rings is 1. The van der Waals surface area contributed by atoms with E-state index < -0.39 is 11.2 Å². The van der Waals surface area contributed by atoms with E-state index in [1.165, 1.54) is 6.07 Å². The Labute approximate surface area is 173 Å². The van der Waals surface area contributed by atoms with Gasteiger partial charge < -0.3 is 9.13 Å². The van der Waals surface area contributed by atoms with Crippen LogP contribution in [0.25, 0.3) is 28.0 Å². The highest BCUT2D eigenvalue weighted by molar-refractivity contribution is 6.38. The lowest BCUT2D eigenvalue weighted by atomic mass is 10.1. The standard InChI is InChI=1S/C19H15Cl2N5O3/c1-9(2)26-14-5-6-25(13(14)3-4-15(26)27)17-11(20)7-10(8-12(17)21)16-18(28)22-19(29)24-23-16/h3-9H,1-2H3,(H2,22,24,28,29). The van der Waals surface area contributed by atoms with Gasteiger partial charge in [0.1, 0.15) is 0 Å². The molecular formula is C19H15Cl2N5O3. The Morgan fingerprint density at radius 3 is 2.31 bits per heavy atom. The summed E-state index contributed by atoms with van der Waals surface area (Å²) in [5, 5.41) is 6.51. The Hall–Kier alpha value is -3.10. The Balaban J connectivity index is 1.93. The summed E-state index contributed by atoms with van der Waals surface area (Å²) in [6.07, 6.45) is 1.78. The van der Waals surface area contributed by atoms with Gasteiger partial charge in [-0.1, -0.05) is 23.2 Å². The van der Waals surface area contributed by atoms with E-state index in [2.05, 4.69) is 15.2 Å². The van der Waals surface area contributed by atoms with Gasteiger partial charge >= 0.3 is 5.69 Å². The molecule has 0 spiro atoms. The van der Waals surface area contributed by atoms with Gasteiger partial charge in [0, 0.05) is 23.9 Å². The van der Waals surface area contributed by atoms with E-state index in [-0.39, 0.29) is 27.3 Å². The van der Waals surface area contributed by atoms with Crippen molar-refractivity contribution in [3.8, 4) is 16.9 Å². The monoisotopic (exact) mass is 431 g/mol.